The predicted octanol–water partition coefficient (Wildman–Crippen LogP) is 1.91. The molecule has 2 amide bonds. The van der Waals surface area contributed by atoms with Crippen LogP contribution in [-0.2, 0) is 28.5 Å². The van der Waals surface area contributed by atoms with Crippen LogP contribution in [-0.4, -0.2) is 87.1 Å². The highest BCUT2D eigenvalue weighted by Crippen LogP contribution is 1.92. The van der Waals surface area contributed by atoms with Crippen LogP contribution in [0.3, 0.4) is 0 Å². The standard InChI is InChI=1S/C12H18O2.2C7H13NO4/c13-11-9-7-5-3-1-2-4-6-8-10-12-14;2*1-3-11-6(9)5-8-7(10)12-4-2/h13-14H,5-12H2;2*3-5H2,1-2H3,(H,8,10). The topological polar surface area (TPSA) is 170 Å². The summed E-state index contributed by atoms with van der Waals surface area (Å²) in [6.07, 6.45) is 3.93. The Bertz CT molecular complexity index is 638. The molecule has 0 saturated carbocycles. The third-order valence-corrected chi connectivity index (χ3v) is 3.57. The van der Waals surface area contributed by atoms with Crippen LogP contribution in [0.1, 0.15) is 66.2 Å². The van der Waals surface area contributed by atoms with Gasteiger partial charge in [-0.2, -0.15) is 0 Å². The third-order valence-electron chi connectivity index (χ3n) is 3.57. The molecule has 0 saturated heterocycles. The molecule has 0 unspecified atom stereocenters. The van der Waals surface area contributed by atoms with Gasteiger partial charge < -0.3 is 39.8 Å². The number of aliphatic hydroxyl groups is 2. The quantitative estimate of drug-likeness (QED) is 0.110. The largest absolute Gasteiger partial charge is 0.465 e. The summed E-state index contributed by atoms with van der Waals surface area (Å²) in [5.41, 5.74) is 0. The maximum Gasteiger partial charge on any atom is 0.407 e. The molecule has 0 aromatic carbocycles. The van der Waals surface area contributed by atoms with Gasteiger partial charge >= 0.3 is 24.1 Å². The van der Waals surface area contributed by atoms with Crippen molar-refractivity contribution in [2.24, 2.45) is 0 Å². The van der Waals surface area contributed by atoms with Gasteiger partial charge in [-0.15, -0.1) is 0 Å². The molecule has 0 aliphatic carbocycles. The minimum atomic E-state index is -0.606. The van der Waals surface area contributed by atoms with Crippen molar-refractivity contribution in [2.45, 2.75) is 66.2 Å². The Morgan fingerprint density at radius 1 is 0.579 bits per heavy atom. The third kappa shape index (κ3) is 37.1. The van der Waals surface area contributed by atoms with Crippen molar-refractivity contribution in [3.8, 4) is 23.7 Å². The first-order valence-corrected chi connectivity index (χ1v) is 12.6. The lowest BCUT2D eigenvalue weighted by molar-refractivity contribution is -0.142. The van der Waals surface area contributed by atoms with Crippen molar-refractivity contribution in [1.29, 1.82) is 0 Å². The fourth-order valence-electron chi connectivity index (χ4n) is 1.94. The van der Waals surface area contributed by atoms with Crippen molar-refractivity contribution in [3.63, 3.8) is 0 Å². The fraction of sp³-hybridized carbons (Fsp3) is 0.692. The van der Waals surface area contributed by atoms with Gasteiger partial charge in [0.15, 0.2) is 0 Å². The molecule has 4 N–H and O–H groups in total. The van der Waals surface area contributed by atoms with Crippen molar-refractivity contribution in [1.82, 2.24) is 10.6 Å². The number of carbonyl (C=O) groups is 4. The number of ether oxygens (including phenoxy) is 4. The Kier molecular flexibility index (Phi) is 34.4. The zero-order valence-electron chi connectivity index (χ0n) is 23.1. The zero-order chi connectivity index (χ0) is 29.3. The molecule has 12 nitrogen and oxygen atoms in total. The zero-order valence-corrected chi connectivity index (χ0v) is 23.1. The predicted molar refractivity (Wildman–Crippen MR) is 141 cm³/mol. The number of unbranched alkanes of at least 4 members (excludes halogenated alkanes) is 4. The summed E-state index contributed by atoms with van der Waals surface area (Å²) in [5.74, 6) is 10.5. The first-order chi connectivity index (χ1) is 18.3. The van der Waals surface area contributed by atoms with E-state index in [4.69, 9.17) is 10.2 Å². The summed E-state index contributed by atoms with van der Waals surface area (Å²) < 4.78 is 18.1. The molecule has 0 aliphatic heterocycles. The number of alkyl carbamates (subject to hydrolysis) is 2. The second-order valence-corrected chi connectivity index (χ2v) is 6.72. The van der Waals surface area contributed by atoms with E-state index in [1.807, 2.05) is 0 Å². The normalized spacial score (nSPS) is 8.68. The van der Waals surface area contributed by atoms with Gasteiger partial charge in [0.2, 0.25) is 0 Å². The van der Waals surface area contributed by atoms with Crippen LogP contribution in [0.2, 0.25) is 0 Å². The van der Waals surface area contributed by atoms with E-state index in [0.29, 0.717) is 13.2 Å². The van der Waals surface area contributed by atoms with E-state index in [1.54, 1.807) is 27.7 Å². The molecule has 0 rings (SSSR count). The van der Waals surface area contributed by atoms with Gasteiger partial charge in [0.05, 0.1) is 26.4 Å². The SMILES string of the molecule is CCOC(=O)CNC(=O)OCC.CCOC(=O)CNC(=O)OCC.OCCCCC#CC#CCCCCO. The summed E-state index contributed by atoms with van der Waals surface area (Å²) in [6, 6.07) is 0. The number of rotatable bonds is 14. The number of nitrogens with one attached hydrogen (secondary N) is 2. The smallest absolute Gasteiger partial charge is 0.407 e. The average molecular weight is 545 g/mol. The van der Waals surface area contributed by atoms with Gasteiger partial charge in [0.1, 0.15) is 13.1 Å². The first kappa shape index (κ1) is 39.0. The number of carbonyl (C=O) groups excluding carboxylic acids is 4. The number of esters is 2. The van der Waals surface area contributed by atoms with Crippen molar-refractivity contribution in [3.05, 3.63) is 0 Å². The molecular formula is C26H44N2O10. The Morgan fingerprint density at radius 2 is 0.921 bits per heavy atom. The molecule has 0 fully saturated rings. The number of hydrogen-bond acceptors (Lipinski definition) is 10. The Balaban J connectivity index is -0.000000486. The Labute approximate surface area is 226 Å². The molecule has 38 heavy (non-hydrogen) atoms. The number of amides is 2. The van der Waals surface area contributed by atoms with Crippen molar-refractivity contribution in [2.75, 3.05) is 52.7 Å². The number of hydrogen-bond donors (Lipinski definition) is 4. The van der Waals surface area contributed by atoms with Gasteiger partial charge in [-0.1, -0.05) is 11.8 Å². The van der Waals surface area contributed by atoms with Crippen LogP contribution in [0.5, 0.6) is 0 Å². The number of aliphatic hydroxyl groups excluding tert-OH is 2. The molecule has 0 aromatic rings. The van der Waals surface area contributed by atoms with Crippen molar-refractivity contribution >= 4 is 24.1 Å². The maximum absolute atomic E-state index is 10.7. The molecule has 0 bridgehead atoms. The van der Waals surface area contributed by atoms with Gasteiger partial charge in [0.25, 0.3) is 0 Å². The van der Waals surface area contributed by atoms with E-state index in [-0.39, 0.29) is 39.5 Å². The molecule has 0 heterocycles. The monoisotopic (exact) mass is 544 g/mol. The van der Waals surface area contributed by atoms with Crippen LogP contribution < -0.4 is 10.6 Å². The fourth-order valence-corrected chi connectivity index (χ4v) is 1.94. The van der Waals surface area contributed by atoms with Crippen LogP contribution >= 0.6 is 0 Å². The highest BCUT2D eigenvalue weighted by Gasteiger charge is 2.05. The van der Waals surface area contributed by atoms with Crippen LogP contribution in [0.25, 0.3) is 0 Å². The van der Waals surface area contributed by atoms with Crippen LogP contribution in [0.15, 0.2) is 0 Å². The minimum absolute atomic E-state index is 0.146. The summed E-state index contributed by atoms with van der Waals surface area (Å²) in [5, 5.41) is 21.5. The van der Waals surface area contributed by atoms with Gasteiger partial charge in [-0.3, -0.25) is 9.59 Å². The molecule has 0 aromatic heterocycles. The lowest BCUT2D eigenvalue weighted by Crippen LogP contribution is -2.31. The highest BCUT2D eigenvalue weighted by molar-refractivity contribution is 5.78. The van der Waals surface area contributed by atoms with Crippen LogP contribution in [0.4, 0.5) is 9.59 Å². The van der Waals surface area contributed by atoms with E-state index in [0.717, 1.165) is 38.5 Å². The molecule has 0 radical (unpaired) electrons. The molecule has 12 heteroatoms. The summed E-state index contributed by atoms with van der Waals surface area (Å²) >= 11 is 0. The molecule has 0 spiro atoms. The van der Waals surface area contributed by atoms with Crippen LogP contribution in [0, 0.1) is 23.7 Å². The lowest BCUT2D eigenvalue weighted by Gasteiger charge is -2.03. The van der Waals surface area contributed by atoms with E-state index in [1.165, 1.54) is 0 Å². The van der Waals surface area contributed by atoms with E-state index < -0.39 is 24.1 Å². The van der Waals surface area contributed by atoms with Crippen molar-refractivity contribution < 1.29 is 48.3 Å². The van der Waals surface area contributed by atoms with E-state index >= 15 is 0 Å². The lowest BCUT2D eigenvalue weighted by atomic mass is 10.2. The molecular weight excluding hydrogens is 500 g/mol. The summed E-state index contributed by atoms with van der Waals surface area (Å²) in [4.78, 5) is 42.5. The average Bonchev–Trinajstić information content (AvgIpc) is 2.89. The van der Waals surface area contributed by atoms with E-state index in [9.17, 15) is 19.2 Å². The molecule has 0 aliphatic rings. The summed E-state index contributed by atoms with van der Waals surface area (Å²) in [6.45, 7) is 8.15. The summed E-state index contributed by atoms with van der Waals surface area (Å²) in [7, 11) is 0. The first-order valence-electron chi connectivity index (χ1n) is 12.6. The van der Waals surface area contributed by atoms with Gasteiger partial charge in [-0.05, 0) is 65.2 Å². The molecule has 218 valence electrons. The maximum atomic E-state index is 10.7. The van der Waals surface area contributed by atoms with E-state index in [2.05, 4.69) is 53.3 Å². The molecule has 0 atom stereocenters. The Hall–Kier alpha value is -3.48. The Morgan fingerprint density at radius 3 is 1.21 bits per heavy atom. The highest BCUT2D eigenvalue weighted by atomic mass is 16.6. The second kappa shape index (κ2) is 33.5. The minimum Gasteiger partial charge on any atom is -0.465 e. The van der Waals surface area contributed by atoms with Gasteiger partial charge in [-0.25, -0.2) is 9.59 Å². The second-order valence-electron chi connectivity index (χ2n) is 6.72. The van der Waals surface area contributed by atoms with Gasteiger partial charge in [0, 0.05) is 26.1 Å².